The molecule has 1 N–H and O–H groups in total. The lowest BCUT2D eigenvalue weighted by atomic mass is 9.80. The fraction of sp³-hybridized carbons (Fsp3) is 0.500. The molecular weight excluding hydrogens is 260 g/mol. The average molecular weight is 284 g/mol. The summed E-state index contributed by atoms with van der Waals surface area (Å²) in [4.78, 5) is 4.69. The zero-order chi connectivity index (χ0) is 14.7. The molecule has 2 heterocycles. The molecule has 0 bridgehead atoms. The number of hydrogen-bond donors (Lipinski definition) is 1. The van der Waals surface area contributed by atoms with Crippen LogP contribution in [0.4, 0.5) is 0 Å². The van der Waals surface area contributed by atoms with Crippen molar-refractivity contribution in [3.8, 4) is 0 Å². The van der Waals surface area contributed by atoms with Crippen LogP contribution in [-0.2, 0) is 6.42 Å². The molecule has 0 spiro atoms. The van der Waals surface area contributed by atoms with Crippen LogP contribution in [0.15, 0.2) is 35.1 Å². The number of pyridine rings is 1. The molecule has 0 aliphatic heterocycles. The molecule has 1 aliphatic carbocycles. The van der Waals surface area contributed by atoms with E-state index < -0.39 is 0 Å². The predicted molar refractivity (Wildman–Crippen MR) is 84.4 cm³/mol. The molecule has 3 rings (SSSR count). The van der Waals surface area contributed by atoms with Gasteiger partial charge in [0.15, 0.2) is 0 Å². The Labute approximate surface area is 126 Å². The first-order valence-corrected chi connectivity index (χ1v) is 8.01. The molecule has 3 nitrogen and oxygen atoms in total. The van der Waals surface area contributed by atoms with Gasteiger partial charge in [-0.3, -0.25) is 4.98 Å². The Hall–Kier alpha value is -1.61. The van der Waals surface area contributed by atoms with E-state index in [0.717, 1.165) is 25.1 Å². The van der Waals surface area contributed by atoms with Crippen LogP contribution in [0.2, 0.25) is 0 Å². The lowest BCUT2D eigenvalue weighted by Gasteiger charge is -2.31. The van der Waals surface area contributed by atoms with Crippen LogP contribution in [0, 0.1) is 6.92 Å². The molecule has 0 amide bonds. The van der Waals surface area contributed by atoms with Crippen molar-refractivity contribution in [3.05, 3.63) is 53.2 Å². The van der Waals surface area contributed by atoms with Gasteiger partial charge in [0.25, 0.3) is 0 Å². The van der Waals surface area contributed by atoms with Crippen molar-refractivity contribution in [2.45, 2.75) is 51.5 Å². The Bertz CT molecular complexity index is 590. The Morgan fingerprint density at radius 3 is 3.14 bits per heavy atom. The second-order valence-corrected chi connectivity index (χ2v) is 5.97. The Kier molecular flexibility index (Phi) is 4.39. The van der Waals surface area contributed by atoms with Gasteiger partial charge in [0.05, 0.1) is 6.26 Å². The predicted octanol–water partition coefficient (Wildman–Crippen LogP) is 4.14. The van der Waals surface area contributed by atoms with Crippen LogP contribution >= 0.6 is 0 Å². The zero-order valence-electron chi connectivity index (χ0n) is 12.9. The molecule has 0 radical (unpaired) electrons. The van der Waals surface area contributed by atoms with Crippen molar-refractivity contribution in [1.29, 1.82) is 0 Å². The Morgan fingerprint density at radius 2 is 2.38 bits per heavy atom. The number of rotatable bonds is 5. The van der Waals surface area contributed by atoms with E-state index in [2.05, 4.69) is 30.4 Å². The molecule has 3 heteroatoms. The van der Waals surface area contributed by atoms with Crippen LogP contribution in [0.25, 0.3) is 0 Å². The molecule has 0 aromatic carbocycles. The van der Waals surface area contributed by atoms with Gasteiger partial charge >= 0.3 is 0 Å². The van der Waals surface area contributed by atoms with Crippen molar-refractivity contribution in [3.63, 3.8) is 0 Å². The smallest absolute Gasteiger partial charge is 0.101 e. The molecule has 2 atom stereocenters. The van der Waals surface area contributed by atoms with E-state index in [1.807, 2.05) is 19.4 Å². The number of fused-ring (bicyclic) bond motifs is 1. The van der Waals surface area contributed by atoms with Gasteiger partial charge in [0.2, 0.25) is 0 Å². The topological polar surface area (TPSA) is 38.1 Å². The summed E-state index contributed by atoms with van der Waals surface area (Å²) in [7, 11) is 0. The molecule has 2 aromatic heterocycles. The van der Waals surface area contributed by atoms with Gasteiger partial charge in [0, 0.05) is 29.4 Å². The van der Waals surface area contributed by atoms with Gasteiger partial charge in [-0.25, -0.2) is 0 Å². The molecule has 0 saturated heterocycles. The summed E-state index contributed by atoms with van der Waals surface area (Å²) in [6.45, 7) is 5.23. The lowest BCUT2D eigenvalue weighted by molar-refractivity contribution is 0.391. The van der Waals surface area contributed by atoms with E-state index >= 15 is 0 Å². The number of hydrogen-bond acceptors (Lipinski definition) is 3. The lowest BCUT2D eigenvalue weighted by Crippen LogP contribution is -2.30. The highest BCUT2D eigenvalue weighted by Crippen LogP contribution is 2.39. The van der Waals surface area contributed by atoms with E-state index in [0.29, 0.717) is 12.0 Å². The van der Waals surface area contributed by atoms with Crippen molar-refractivity contribution >= 4 is 0 Å². The first-order chi connectivity index (χ1) is 10.3. The summed E-state index contributed by atoms with van der Waals surface area (Å²) >= 11 is 0. The van der Waals surface area contributed by atoms with Gasteiger partial charge in [-0.2, -0.15) is 0 Å². The number of aryl methyl sites for hydroxylation is 2. The minimum atomic E-state index is 0.302. The summed E-state index contributed by atoms with van der Waals surface area (Å²) in [6, 6.07) is 6.74. The SMILES string of the molecule is CCCNC(c1coc(C)c1)C1CCCc2cccnc21. The van der Waals surface area contributed by atoms with Gasteiger partial charge in [-0.1, -0.05) is 13.0 Å². The van der Waals surface area contributed by atoms with Crippen molar-refractivity contribution in [2.24, 2.45) is 0 Å². The summed E-state index contributed by atoms with van der Waals surface area (Å²) < 4.78 is 5.54. The molecule has 1 aliphatic rings. The third-order valence-electron chi connectivity index (χ3n) is 4.37. The number of aromatic nitrogens is 1. The third-order valence-corrected chi connectivity index (χ3v) is 4.37. The second-order valence-electron chi connectivity index (χ2n) is 5.97. The average Bonchev–Trinajstić information content (AvgIpc) is 2.94. The first kappa shape index (κ1) is 14.3. The highest BCUT2D eigenvalue weighted by molar-refractivity contribution is 5.31. The second kappa shape index (κ2) is 6.44. The highest BCUT2D eigenvalue weighted by atomic mass is 16.3. The minimum Gasteiger partial charge on any atom is -0.469 e. The van der Waals surface area contributed by atoms with Crippen LogP contribution in [0.1, 0.15) is 60.7 Å². The Morgan fingerprint density at radius 1 is 1.48 bits per heavy atom. The monoisotopic (exact) mass is 284 g/mol. The van der Waals surface area contributed by atoms with Gasteiger partial charge in [-0.15, -0.1) is 0 Å². The normalized spacial score (nSPS) is 19.2. The number of furan rings is 1. The first-order valence-electron chi connectivity index (χ1n) is 8.01. The fourth-order valence-electron chi connectivity index (χ4n) is 3.39. The van der Waals surface area contributed by atoms with E-state index in [-0.39, 0.29) is 0 Å². The van der Waals surface area contributed by atoms with Crippen LogP contribution in [0.5, 0.6) is 0 Å². The molecule has 0 saturated carbocycles. The van der Waals surface area contributed by atoms with Crippen molar-refractivity contribution < 1.29 is 4.42 Å². The van der Waals surface area contributed by atoms with Crippen molar-refractivity contribution in [2.75, 3.05) is 6.54 Å². The maximum atomic E-state index is 5.54. The Balaban J connectivity index is 1.93. The molecule has 2 unspecified atom stereocenters. The van der Waals surface area contributed by atoms with Crippen LogP contribution < -0.4 is 5.32 Å². The third kappa shape index (κ3) is 3.03. The van der Waals surface area contributed by atoms with Gasteiger partial charge < -0.3 is 9.73 Å². The summed E-state index contributed by atoms with van der Waals surface area (Å²) in [5.41, 5.74) is 3.94. The summed E-state index contributed by atoms with van der Waals surface area (Å²) in [6.07, 6.45) is 8.55. The number of nitrogens with zero attached hydrogens (tertiary/aromatic N) is 1. The van der Waals surface area contributed by atoms with Gasteiger partial charge in [0.1, 0.15) is 5.76 Å². The fourth-order valence-corrected chi connectivity index (χ4v) is 3.39. The maximum absolute atomic E-state index is 5.54. The van der Waals surface area contributed by atoms with E-state index in [1.54, 1.807) is 0 Å². The van der Waals surface area contributed by atoms with Gasteiger partial charge in [-0.05, 0) is 56.8 Å². The molecule has 112 valence electrons. The summed E-state index contributed by atoms with van der Waals surface area (Å²) in [5, 5.41) is 3.71. The van der Waals surface area contributed by atoms with Crippen molar-refractivity contribution in [1.82, 2.24) is 10.3 Å². The highest BCUT2D eigenvalue weighted by Gasteiger charge is 2.30. The standard InChI is InChI=1S/C18H24N2O/c1-3-9-19-18(15-11-13(2)21-12-15)16-8-4-6-14-7-5-10-20-17(14)16/h5,7,10-12,16,18-19H,3-4,6,8-9H2,1-2H3. The molecule has 2 aromatic rings. The number of nitrogens with one attached hydrogen (secondary N) is 1. The largest absolute Gasteiger partial charge is 0.469 e. The van der Waals surface area contributed by atoms with E-state index in [4.69, 9.17) is 9.40 Å². The molecular formula is C18H24N2O. The minimum absolute atomic E-state index is 0.302. The summed E-state index contributed by atoms with van der Waals surface area (Å²) in [5.74, 6) is 1.42. The van der Waals surface area contributed by atoms with Crippen LogP contribution in [0.3, 0.4) is 0 Å². The quantitative estimate of drug-likeness (QED) is 0.896. The van der Waals surface area contributed by atoms with E-state index in [1.165, 1.54) is 29.7 Å². The van der Waals surface area contributed by atoms with E-state index in [9.17, 15) is 0 Å². The maximum Gasteiger partial charge on any atom is 0.101 e. The molecule has 0 fully saturated rings. The van der Waals surface area contributed by atoms with Crippen LogP contribution in [-0.4, -0.2) is 11.5 Å². The molecule has 21 heavy (non-hydrogen) atoms. The zero-order valence-corrected chi connectivity index (χ0v) is 12.9.